The molecule has 0 radical (unpaired) electrons. The molecule has 1 aromatic heterocycles. The number of Topliss-reactive ketones (excluding diaryl/α,β-unsaturated/α-hetero) is 1. The summed E-state index contributed by atoms with van der Waals surface area (Å²) in [4.78, 5) is 16.6. The molecule has 1 heterocycles. The third-order valence-electron chi connectivity index (χ3n) is 3.48. The molecule has 0 bridgehead atoms. The zero-order valence-corrected chi connectivity index (χ0v) is 9.91. The first-order valence-corrected chi connectivity index (χ1v) is 6.31. The van der Waals surface area contributed by atoms with Crippen molar-refractivity contribution in [2.75, 3.05) is 0 Å². The van der Waals surface area contributed by atoms with Crippen LogP contribution in [0.1, 0.15) is 55.1 Å². The number of aryl methyl sites for hydroxylation is 1. The maximum atomic E-state index is 12.3. The van der Waals surface area contributed by atoms with Crippen LogP contribution >= 0.6 is 0 Å². The topological polar surface area (TPSA) is 30.0 Å². The Morgan fingerprint density at radius 1 is 1.38 bits per heavy atom. The van der Waals surface area contributed by atoms with E-state index in [1.807, 2.05) is 12.1 Å². The summed E-state index contributed by atoms with van der Waals surface area (Å²) in [7, 11) is 0. The van der Waals surface area contributed by atoms with Crippen molar-refractivity contribution in [3.05, 3.63) is 29.6 Å². The molecule has 2 heteroatoms. The Morgan fingerprint density at radius 3 is 2.81 bits per heavy atom. The minimum atomic E-state index is 0.231. The SMILES string of the molecule is CCc1cccnc1C(=O)C1CCCCC1. The molecule has 1 aromatic rings. The second kappa shape index (κ2) is 5.24. The number of ketones is 1. The summed E-state index contributed by atoms with van der Waals surface area (Å²) in [6.45, 7) is 2.08. The quantitative estimate of drug-likeness (QED) is 0.726. The van der Waals surface area contributed by atoms with E-state index < -0.39 is 0 Å². The highest BCUT2D eigenvalue weighted by atomic mass is 16.1. The predicted molar refractivity (Wildman–Crippen MR) is 64.5 cm³/mol. The zero-order valence-electron chi connectivity index (χ0n) is 9.91. The van der Waals surface area contributed by atoms with Crippen LogP contribution in [0.25, 0.3) is 0 Å². The van der Waals surface area contributed by atoms with Crippen molar-refractivity contribution in [2.24, 2.45) is 5.92 Å². The highest BCUT2D eigenvalue weighted by molar-refractivity contribution is 5.97. The fourth-order valence-corrected chi connectivity index (χ4v) is 2.50. The van der Waals surface area contributed by atoms with E-state index in [1.165, 1.54) is 19.3 Å². The van der Waals surface area contributed by atoms with Crippen LogP contribution in [-0.2, 0) is 6.42 Å². The average molecular weight is 217 g/mol. The molecule has 0 spiro atoms. The molecular formula is C14H19NO. The molecule has 0 unspecified atom stereocenters. The Morgan fingerprint density at radius 2 is 2.12 bits per heavy atom. The number of hydrogen-bond donors (Lipinski definition) is 0. The molecule has 86 valence electrons. The highest BCUT2D eigenvalue weighted by Gasteiger charge is 2.24. The van der Waals surface area contributed by atoms with E-state index in [4.69, 9.17) is 0 Å². The second-order valence-electron chi connectivity index (χ2n) is 4.56. The van der Waals surface area contributed by atoms with Crippen LogP contribution in [0.2, 0.25) is 0 Å². The Hall–Kier alpha value is -1.18. The van der Waals surface area contributed by atoms with Gasteiger partial charge in [-0.25, -0.2) is 0 Å². The summed E-state index contributed by atoms with van der Waals surface area (Å²) in [5.41, 5.74) is 1.81. The smallest absolute Gasteiger partial charge is 0.184 e. The van der Waals surface area contributed by atoms with Crippen molar-refractivity contribution < 1.29 is 4.79 Å². The monoisotopic (exact) mass is 217 g/mol. The molecule has 1 aliphatic rings. The van der Waals surface area contributed by atoms with Crippen molar-refractivity contribution in [3.8, 4) is 0 Å². The molecule has 2 rings (SSSR count). The summed E-state index contributed by atoms with van der Waals surface area (Å²) in [6.07, 6.45) is 8.41. The Labute approximate surface area is 97.1 Å². The molecule has 2 nitrogen and oxygen atoms in total. The van der Waals surface area contributed by atoms with E-state index in [9.17, 15) is 4.79 Å². The molecule has 1 fully saturated rings. The molecule has 16 heavy (non-hydrogen) atoms. The van der Waals surface area contributed by atoms with Gasteiger partial charge in [-0.05, 0) is 30.9 Å². The lowest BCUT2D eigenvalue weighted by Crippen LogP contribution is -2.20. The lowest BCUT2D eigenvalue weighted by molar-refractivity contribution is 0.0883. The first kappa shape index (κ1) is 11.3. The summed E-state index contributed by atoms with van der Waals surface area (Å²) in [5, 5.41) is 0. The van der Waals surface area contributed by atoms with Crippen molar-refractivity contribution in [1.82, 2.24) is 4.98 Å². The molecule has 1 saturated carbocycles. The van der Waals surface area contributed by atoms with Crippen molar-refractivity contribution in [1.29, 1.82) is 0 Å². The number of carbonyl (C=O) groups is 1. The number of aromatic nitrogens is 1. The fourth-order valence-electron chi connectivity index (χ4n) is 2.50. The second-order valence-corrected chi connectivity index (χ2v) is 4.56. The molecule has 0 aromatic carbocycles. The molecule has 0 atom stereocenters. The third-order valence-corrected chi connectivity index (χ3v) is 3.48. The summed E-state index contributed by atoms with van der Waals surface area (Å²) < 4.78 is 0. The van der Waals surface area contributed by atoms with E-state index in [-0.39, 0.29) is 11.7 Å². The van der Waals surface area contributed by atoms with Gasteiger partial charge in [-0.2, -0.15) is 0 Å². The van der Waals surface area contributed by atoms with E-state index in [2.05, 4.69) is 11.9 Å². The molecule has 0 N–H and O–H groups in total. The summed E-state index contributed by atoms with van der Waals surface area (Å²) in [6, 6.07) is 3.93. The number of nitrogens with zero attached hydrogens (tertiary/aromatic N) is 1. The number of pyridine rings is 1. The van der Waals surface area contributed by atoms with Gasteiger partial charge in [-0.15, -0.1) is 0 Å². The summed E-state index contributed by atoms with van der Waals surface area (Å²) in [5.74, 6) is 0.506. The molecule has 0 amide bonds. The molecule has 0 aliphatic heterocycles. The number of rotatable bonds is 3. The van der Waals surface area contributed by atoms with Gasteiger partial charge in [-0.3, -0.25) is 9.78 Å². The molecule has 1 aliphatic carbocycles. The maximum absolute atomic E-state index is 12.3. The van der Waals surface area contributed by atoms with E-state index in [1.54, 1.807) is 6.20 Å². The van der Waals surface area contributed by atoms with E-state index in [0.29, 0.717) is 0 Å². The maximum Gasteiger partial charge on any atom is 0.184 e. The normalized spacial score (nSPS) is 17.3. The van der Waals surface area contributed by atoms with Crippen molar-refractivity contribution >= 4 is 5.78 Å². The zero-order chi connectivity index (χ0) is 11.4. The van der Waals surface area contributed by atoms with Gasteiger partial charge in [0, 0.05) is 12.1 Å². The van der Waals surface area contributed by atoms with Crippen molar-refractivity contribution in [2.45, 2.75) is 45.4 Å². The first-order chi connectivity index (χ1) is 7.83. The van der Waals surface area contributed by atoms with Crippen LogP contribution in [0.15, 0.2) is 18.3 Å². The van der Waals surface area contributed by atoms with Gasteiger partial charge in [0.2, 0.25) is 0 Å². The van der Waals surface area contributed by atoms with Crippen LogP contribution in [0.4, 0.5) is 0 Å². The fraction of sp³-hybridized carbons (Fsp3) is 0.571. The third kappa shape index (κ3) is 2.31. The largest absolute Gasteiger partial charge is 0.292 e. The lowest BCUT2D eigenvalue weighted by atomic mass is 9.84. The Bertz CT molecular complexity index is 367. The van der Waals surface area contributed by atoms with Crippen LogP contribution in [0, 0.1) is 5.92 Å². The van der Waals surface area contributed by atoms with Crippen LogP contribution < -0.4 is 0 Å². The standard InChI is InChI=1S/C14H19NO/c1-2-11-9-6-10-15-13(11)14(16)12-7-4-3-5-8-12/h6,9-10,12H,2-5,7-8H2,1H3. The highest BCUT2D eigenvalue weighted by Crippen LogP contribution is 2.27. The van der Waals surface area contributed by atoms with Crippen LogP contribution in [0.3, 0.4) is 0 Å². The van der Waals surface area contributed by atoms with Gasteiger partial charge in [0.1, 0.15) is 5.69 Å². The minimum Gasteiger partial charge on any atom is -0.292 e. The Balaban J connectivity index is 2.19. The van der Waals surface area contributed by atoms with Crippen molar-refractivity contribution in [3.63, 3.8) is 0 Å². The molecular weight excluding hydrogens is 198 g/mol. The average Bonchev–Trinajstić information content (AvgIpc) is 2.39. The van der Waals surface area contributed by atoms with Crippen LogP contribution in [-0.4, -0.2) is 10.8 Å². The lowest BCUT2D eigenvalue weighted by Gasteiger charge is -2.20. The van der Waals surface area contributed by atoms with Gasteiger partial charge in [0.05, 0.1) is 0 Å². The van der Waals surface area contributed by atoms with Gasteiger partial charge in [0.25, 0.3) is 0 Å². The number of carbonyl (C=O) groups excluding carboxylic acids is 1. The summed E-state index contributed by atoms with van der Waals surface area (Å²) >= 11 is 0. The minimum absolute atomic E-state index is 0.231. The van der Waals surface area contributed by atoms with Gasteiger partial charge >= 0.3 is 0 Å². The Kier molecular flexibility index (Phi) is 3.70. The van der Waals surface area contributed by atoms with E-state index in [0.717, 1.165) is 30.5 Å². The predicted octanol–water partition coefficient (Wildman–Crippen LogP) is 3.41. The van der Waals surface area contributed by atoms with Crippen LogP contribution in [0.5, 0.6) is 0 Å². The first-order valence-electron chi connectivity index (χ1n) is 6.31. The van der Waals surface area contributed by atoms with Gasteiger partial charge < -0.3 is 0 Å². The van der Waals surface area contributed by atoms with Gasteiger partial charge in [-0.1, -0.05) is 32.3 Å². The molecule has 0 saturated heterocycles. The van der Waals surface area contributed by atoms with E-state index >= 15 is 0 Å². The number of hydrogen-bond acceptors (Lipinski definition) is 2. The van der Waals surface area contributed by atoms with Gasteiger partial charge in [0.15, 0.2) is 5.78 Å².